The second-order valence-electron chi connectivity index (χ2n) is 14.8. The first-order chi connectivity index (χ1) is 22.9. The Morgan fingerprint density at radius 2 is 1.67 bits per heavy atom. The van der Waals surface area contributed by atoms with Crippen molar-refractivity contribution in [3.05, 3.63) is 51.6 Å². The molecule has 1 radical (unpaired) electrons. The normalized spacial score (nSPS) is 30.9. The number of hydroxylamine groups is 2. The van der Waals surface area contributed by atoms with E-state index in [2.05, 4.69) is 10.2 Å². The first-order valence-electron chi connectivity index (χ1n) is 16.3. The Bertz CT molecular complexity index is 1740. The Morgan fingerprint density at radius 3 is 2.31 bits per heavy atom. The summed E-state index contributed by atoms with van der Waals surface area (Å²) in [4.78, 5) is 27.7. The number of aliphatic hydroxyl groups is 2. The van der Waals surface area contributed by atoms with Gasteiger partial charge in [-0.25, -0.2) is 0 Å². The first kappa shape index (κ1) is 35.1. The Balaban J connectivity index is 1.44. The molecule has 2 aromatic rings. The molecule has 0 bridgehead atoms. The van der Waals surface area contributed by atoms with Gasteiger partial charge in [-0.3, -0.25) is 9.59 Å². The van der Waals surface area contributed by atoms with Crippen LogP contribution in [0, 0.1) is 0 Å². The molecule has 2 aromatic carbocycles. The highest BCUT2D eigenvalue weighted by Gasteiger charge is 2.48. The smallest absolute Gasteiger partial charge is 0.202 e. The van der Waals surface area contributed by atoms with Crippen LogP contribution in [0.4, 0.5) is 0 Å². The molecule has 0 amide bonds. The van der Waals surface area contributed by atoms with E-state index < -0.39 is 81.5 Å². The molecule has 0 aromatic heterocycles. The van der Waals surface area contributed by atoms with E-state index >= 15 is 0 Å². The van der Waals surface area contributed by atoms with Gasteiger partial charge in [0, 0.05) is 71.6 Å². The fraction of sp³-hybridized carbons (Fsp3) is 0.543. The average molecular weight is 680 g/mol. The van der Waals surface area contributed by atoms with Gasteiger partial charge in [0.2, 0.25) is 5.78 Å². The van der Waals surface area contributed by atoms with Crippen molar-refractivity contribution in [3.8, 4) is 17.2 Å². The number of carbonyl (C=O) groups excluding carboxylic acids is 2. The standard InChI is InChI=1S/C35H43N4O10/c1-16-28(40)20(36)10-23(48-16)49-22-14-35(45,15-37-38-17-11-33(2,3)39(46)34(4,5)12-17)13-19-25(22)32(44)27-26(30(19)42)29(41)18-8-7-9-21(47-6)24(18)31(27)43/h7-9,15-16,20,22-23,28,40,42,44-45H,10-14,36H2,1-6H3/b37-15+/t16-,20-,22+,23-,28+,35-/m0/s1. The summed E-state index contributed by atoms with van der Waals surface area (Å²) in [6.07, 6.45) is -2.39. The lowest BCUT2D eigenvalue weighted by Crippen LogP contribution is -2.58. The fourth-order valence-electron chi connectivity index (χ4n) is 7.83. The molecule has 0 unspecified atom stereocenters. The molecule has 6 rings (SSSR count). The number of hydrogen-bond acceptors (Lipinski definition) is 13. The highest BCUT2D eigenvalue weighted by atomic mass is 16.7. The number of fused-ring (bicyclic) bond motifs is 3. The monoisotopic (exact) mass is 679 g/mol. The number of aliphatic hydroxyl groups excluding tert-OH is 1. The van der Waals surface area contributed by atoms with E-state index in [9.17, 15) is 35.2 Å². The molecule has 0 spiro atoms. The quantitative estimate of drug-likeness (QED) is 0.150. The van der Waals surface area contributed by atoms with Crippen LogP contribution in [0.25, 0.3) is 0 Å². The zero-order valence-corrected chi connectivity index (χ0v) is 28.4. The van der Waals surface area contributed by atoms with Crippen molar-refractivity contribution in [1.29, 1.82) is 0 Å². The zero-order valence-electron chi connectivity index (χ0n) is 28.4. The number of rotatable bonds is 5. The van der Waals surface area contributed by atoms with Crippen LogP contribution < -0.4 is 10.5 Å². The fourth-order valence-corrected chi connectivity index (χ4v) is 7.83. The minimum absolute atomic E-state index is 0.00222. The van der Waals surface area contributed by atoms with Crippen molar-refractivity contribution in [2.75, 3.05) is 7.11 Å². The molecule has 14 nitrogen and oxygen atoms in total. The minimum atomic E-state index is -1.82. The lowest BCUT2D eigenvalue weighted by atomic mass is 9.73. The number of hydrogen-bond donors (Lipinski definition) is 5. The predicted molar refractivity (Wildman–Crippen MR) is 176 cm³/mol. The summed E-state index contributed by atoms with van der Waals surface area (Å²) in [5, 5.41) is 68.3. The summed E-state index contributed by atoms with van der Waals surface area (Å²) in [5.41, 5.74) is 2.66. The maximum Gasteiger partial charge on any atom is 0.202 e. The maximum absolute atomic E-state index is 13.9. The van der Waals surface area contributed by atoms with Crippen molar-refractivity contribution >= 4 is 23.5 Å². The van der Waals surface area contributed by atoms with Crippen LogP contribution in [0.5, 0.6) is 17.2 Å². The van der Waals surface area contributed by atoms with E-state index in [1.165, 1.54) is 25.5 Å². The molecule has 0 saturated carbocycles. The second kappa shape index (κ2) is 12.2. The minimum Gasteiger partial charge on any atom is -0.507 e. The highest BCUT2D eigenvalue weighted by molar-refractivity contribution is 6.31. The number of phenolic OH excluding ortho intramolecular Hbond substituents is 2. The number of nitrogens with two attached hydrogens (primary N) is 1. The molecule has 2 heterocycles. The first-order valence-corrected chi connectivity index (χ1v) is 16.3. The average Bonchev–Trinajstić information content (AvgIpc) is 3.02. The molecule has 2 saturated heterocycles. The molecule has 14 heteroatoms. The Labute approximate surface area is 283 Å². The molecular formula is C35H43N4O10. The summed E-state index contributed by atoms with van der Waals surface area (Å²) in [6.45, 7) is 8.92. The van der Waals surface area contributed by atoms with Gasteiger partial charge >= 0.3 is 0 Å². The topological polar surface area (TPSA) is 217 Å². The summed E-state index contributed by atoms with van der Waals surface area (Å²) in [6, 6.07) is 3.80. The summed E-state index contributed by atoms with van der Waals surface area (Å²) < 4.78 is 17.5. The van der Waals surface area contributed by atoms with Gasteiger partial charge in [-0.1, -0.05) is 12.1 Å². The molecule has 2 fully saturated rings. The molecule has 2 aliphatic carbocycles. The number of nitrogens with zero attached hydrogens (tertiary/aromatic N) is 3. The molecule has 6 N–H and O–H groups in total. The van der Waals surface area contributed by atoms with Crippen LogP contribution in [-0.2, 0) is 21.1 Å². The van der Waals surface area contributed by atoms with Gasteiger partial charge in [0.15, 0.2) is 12.1 Å². The van der Waals surface area contributed by atoms with Gasteiger partial charge < -0.3 is 40.4 Å². The largest absolute Gasteiger partial charge is 0.507 e. The van der Waals surface area contributed by atoms with Crippen LogP contribution in [0.15, 0.2) is 28.4 Å². The highest BCUT2D eigenvalue weighted by Crippen LogP contribution is 2.52. The summed E-state index contributed by atoms with van der Waals surface area (Å²) >= 11 is 0. The number of benzene rings is 2. The second-order valence-corrected chi connectivity index (χ2v) is 14.8. The molecule has 6 atom stereocenters. The van der Waals surface area contributed by atoms with E-state index in [0.717, 1.165) is 5.06 Å². The van der Waals surface area contributed by atoms with Gasteiger partial charge in [0.05, 0.1) is 48.3 Å². The number of ether oxygens (including phenoxy) is 3. The van der Waals surface area contributed by atoms with E-state index in [4.69, 9.17) is 19.9 Å². The lowest BCUT2D eigenvalue weighted by molar-refractivity contribution is -0.273. The van der Waals surface area contributed by atoms with Crippen LogP contribution in [0.3, 0.4) is 0 Å². The van der Waals surface area contributed by atoms with Crippen molar-refractivity contribution < 1.29 is 49.4 Å². The predicted octanol–water partition coefficient (Wildman–Crippen LogP) is 2.87. The van der Waals surface area contributed by atoms with E-state index in [0.29, 0.717) is 18.6 Å². The van der Waals surface area contributed by atoms with Crippen LogP contribution in [-0.4, -0.2) is 97.3 Å². The number of phenols is 2. The van der Waals surface area contributed by atoms with E-state index in [1.807, 2.05) is 27.7 Å². The summed E-state index contributed by atoms with van der Waals surface area (Å²) in [5.74, 6) is -2.47. The Kier molecular flexibility index (Phi) is 8.76. The lowest BCUT2D eigenvalue weighted by Gasteiger charge is -2.46. The van der Waals surface area contributed by atoms with Crippen LogP contribution >= 0.6 is 0 Å². The van der Waals surface area contributed by atoms with Crippen molar-refractivity contribution in [2.45, 2.75) is 114 Å². The van der Waals surface area contributed by atoms with Crippen molar-refractivity contribution in [1.82, 2.24) is 5.06 Å². The Morgan fingerprint density at radius 1 is 1.02 bits per heavy atom. The van der Waals surface area contributed by atoms with Crippen molar-refractivity contribution in [3.63, 3.8) is 0 Å². The number of ketones is 2. The van der Waals surface area contributed by atoms with Crippen LogP contribution in [0.1, 0.15) is 109 Å². The third-order valence-corrected chi connectivity index (χ3v) is 10.0. The Hall–Kier alpha value is -3.76. The number of piperidine rings is 1. The molecule has 4 aliphatic rings. The molecular weight excluding hydrogens is 636 g/mol. The van der Waals surface area contributed by atoms with Gasteiger partial charge in [-0.05, 0) is 40.7 Å². The zero-order chi connectivity index (χ0) is 35.8. The van der Waals surface area contributed by atoms with Gasteiger partial charge in [-0.15, -0.1) is 10.3 Å². The number of aromatic hydroxyl groups is 2. The number of carbonyl (C=O) groups is 2. The summed E-state index contributed by atoms with van der Waals surface area (Å²) in [7, 11) is 1.35. The maximum atomic E-state index is 13.9. The molecule has 263 valence electrons. The van der Waals surface area contributed by atoms with E-state index in [1.54, 1.807) is 13.0 Å². The van der Waals surface area contributed by atoms with Crippen LogP contribution in [0.2, 0.25) is 0 Å². The number of methoxy groups -OCH3 is 1. The van der Waals surface area contributed by atoms with Crippen molar-refractivity contribution in [2.24, 2.45) is 15.9 Å². The SMILES string of the molecule is COc1cccc2c1C(=O)c1c(O)c3c(c(O)c1C2=O)C[C@@](O)(/C=N/N=C1CC(C)(C)N([O])C(C)(C)C1)C[C@H]3O[C@H]1C[C@H](N)[C@H](O)[C@H](C)O1. The van der Waals surface area contributed by atoms with Gasteiger partial charge in [0.1, 0.15) is 22.8 Å². The van der Waals surface area contributed by atoms with E-state index in [-0.39, 0.29) is 47.3 Å². The molecule has 2 aliphatic heterocycles. The third-order valence-electron chi connectivity index (χ3n) is 10.0. The third kappa shape index (κ3) is 5.94. The van der Waals surface area contributed by atoms with Gasteiger partial charge in [0.25, 0.3) is 0 Å². The molecule has 49 heavy (non-hydrogen) atoms. The van der Waals surface area contributed by atoms with Gasteiger partial charge in [-0.2, -0.15) is 10.2 Å².